The van der Waals surface area contributed by atoms with Gasteiger partial charge in [0.2, 0.25) is 5.95 Å². The molecule has 0 unspecified atom stereocenters. The van der Waals surface area contributed by atoms with E-state index in [0.29, 0.717) is 33.6 Å². The van der Waals surface area contributed by atoms with Gasteiger partial charge < -0.3 is 19.2 Å². The smallest absolute Gasteiger partial charge is 0.336 e. The molecule has 0 saturated carbocycles. The summed E-state index contributed by atoms with van der Waals surface area (Å²) in [4.78, 5) is 20.9. The Kier molecular flexibility index (Phi) is 5.01. The van der Waals surface area contributed by atoms with Gasteiger partial charge in [0.1, 0.15) is 16.9 Å². The highest BCUT2D eigenvalue weighted by atomic mass is 35.5. The molecule has 4 aromatic carbocycles. The van der Waals surface area contributed by atoms with Crippen LogP contribution in [0.5, 0.6) is 5.75 Å². The number of phenols is 1. The number of carboxylic acids is 1. The average Bonchev–Trinajstić information content (AvgIpc) is 3.27. The molecule has 2 aromatic heterocycles. The van der Waals surface area contributed by atoms with E-state index in [1.54, 1.807) is 36.5 Å². The number of phenolic OH excluding ortho intramolecular Hbond substituents is 1. The topological polar surface area (TPSA) is 101 Å². The number of rotatable bonds is 3. The Bertz CT molecular complexity index is 1920. The van der Waals surface area contributed by atoms with Crippen LogP contribution in [0.25, 0.3) is 43.8 Å². The van der Waals surface area contributed by atoms with Crippen LogP contribution in [0.1, 0.15) is 10.4 Å². The van der Waals surface area contributed by atoms with Crippen molar-refractivity contribution in [2.75, 3.05) is 0 Å². The molecule has 176 valence electrons. The molecular weight excluding hydrogens is 478 g/mol. The minimum Gasteiger partial charge on any atom is -0.506 e. The molecule has 2 N–H and O–H groups in total. The Morgan fingerprint density at radius 2 is 1.83 bits per heavy atom. The number of carbonyl (C=O) groups is 1. The van der Waals surface area contributed by atoms with Gasteiger partial charge in [-0.25, -0.2) is 14.8 Å². The number of nitrogens with zero attached hydrogens (tertiary/aromatic N) is 3. The number of carboxylic acid groups (broad SMARTS) is 1. The molecule has 0 aliphatic rings. The summed E-state index contributed by atoms with van der Waals surface area (Å²) in [5, 5.41) is 24.1. The molecule has 2 heterocycles. The quantitative estimate of drug-likeness (QED) is 0.217. The molecule has 0 aliphatic carbocycles. The lowest BCUT2D eigenvalue weighted by Crippen LogP contribution is -2.01. The van der Waals surface area contributed by atoms with E-state index in [2.05, 4.69) is 9.98 Å². The van der Waals surface area contributed by atoms with Gasteiger partial charge >= 0.3 is 5.97 Å². The second kappa shape index (κ2) is 8.25. The summed E-state index contributed by atoms with van der Waals surface area (Å²) in [5.41, 5.74) is 2.28. The van der Waals surface area contributed by atoms with Crippen molar-refractivity contribution in [1.82, 2.24) is 9.55 Å². The van der Waals surface area contributed by atoms with Crippen LogP contribution in [-0.2, 0) is 7.05 Å². The Hall–Kier alpha value is -4.62. The largest absolute Gasteiger partial charge is 0.506 e. The molecule has 36 heavy (non-hydrogen) atoms. The Morgan fingerprint density at radius 3 is 2.61 bits per heavy atom. The maximum Gasteiger partial charge on any atom is 0.336 e. The van der Waals surface area contributed by atoms with Crippen molar-refractivity contribution in [2.45, 2.75) is 0 Å². The molecule has 0 radical (unpaired) electrons. The van der Waals surface area contributed by atoms with E-state index in [4.69, 9.17) is 16.0 Å². The predicted octanol–water partition coefficient (Wildman–Crippen LogP) is 6.43. The van der Waals surface area contributed by atoms with Crippen LogP contribution >= 0.6 is 11.6 Å². The summed E-state index contributed by atoms with van der Waals surface area (Å²) in [6.07, 6.45) is 3.52. The summed E-state index contributed by atoms with van der Waals surface area (Å²) in [6.45, 7) is 0. The fourth-order valence-electron chi connectivity index (χ4n) is 4.50. The van der Waals surface area contributed by atoms with Gasteiger partial charge in [-0.05, 0) is 47.3 Å². The van der Waals surface area contributed by atoms with E-state index in [1.807, 2.05) is 48.1 Å². The van der Waals surface area contributed by atoms with Crippen LogP contribution in [0.2, 0.25) is 5.02 Å². The summed E-state index contributed by atoms with van der Waals surface area (Å²) in [7, 11) is 1.88. The van der Waals surface area contributed by atoms with Gasteiger partial charge in [0.05, 0.1) is 15.9 Å². The first-order valence-electron chi connectivity index (χ1n) is 11.1. The lowest BCUT2D eigenvalue weighted by atomic mass is 9.92. The van der Waals surface area contributed by atoms with E-state index in [0.717, 1.165) is 21.5 Å². The van der Waals surface area contributed by atoms with E-state index in [1.165, 1.54) is 6.07 Å². The van der Waals surface area contributed by atoms with E-state index >= 15 is 0 Å². The van der Waals surface area contributed by atoms with Crippen molar-refractivity contribution >= 4 is 56.2 Å². The van der Waals surface area contributed by atoms with Crippen molar-refractivity contribution in [3.05, 3.63) is 95.1 Å². The molecular formula is C28H18ClN3O4. The van der Waals surface area contributed by atoms with Crippen LogP contribution < -0.4 is 5.36 Å². The number of aromatic carboxylic acids is 1. The molecule has 6 aromatic rings. The summed E-state index contributed by atoms with van der Waals surface area (Å²) in [5.74, 6) is -0.578. The van der Waals surface area contributed by atoms with Crippen LogP contribution in [0, 0.1) is 0 Å². The second-order valence-electron chi connectivity index (χ2n) is 8.43. The third kappa shape index (κ3) is 3.49. The van der Waals surface area contributed by atoms with Crippen molar-refractivity contribution in [3.8, 4) is 16.9 Å². The number of imidazole rings is 1. The molecule has 7 nitrogen and oxygen atoms in total. The molecule has 0 spiro atoms. The van der Waals surface area contributed by atoms with Crippen LogP contribution in [-0.4, -0.2) is 25.7 Å². The molecule has 0 bridgehead atoms. The first kappa shape index (κ1) is 21.9. The molecule has 0 fully saturated rings. The maximum atomic E-state index is 12.1. The maximum absolute atomic E-state index is 12.1. The Labute approximate surface area is 209 Å². The standard InChI is InChI=1S/C28H18ClN3O4/c1-32-11-10-30-28(32)31-16-7-9-17-15(12-16)6-8-20-25(18-4-2-3-5-19(18)27(34)35)21-13-22(29)23(33)14-24(21)36-26(17)20/h2-14,33H,1H3,(H,34,35)/b31-16+. The fourth-order valence-corrected chi connectivity index (χ4v) is 4.66. The molecule has 0 atom stereocenters. The monoisotopic (exact) mass is 495 g/mol. The van der Waals surface area contributed by atoms with E-state index in [-0.39, 0.29) is 16.3 Å². The van der Waals surface area contributed by atoms with Gasteiger partial charge in [-0.2, -0.15) is 0 Å². The highest BCUT2D eigenvalue weighted by Gasteiger charge is 2.20. The van der Waals surface area contributed by atoms with Crippen molar-refractivity contribution in [2.24, 2.45) is 12.0 Å². The third-order valence-corrected chi connectivity index (χ3v) is 6.51. The fraction of sp³-hybridized carbons (Fsp3) is 0.0357. The number of halogens is 1. The molecule has 0 saturated heterocycles. The SMILES string of the molecule is Cn1ccnc1/N=c1\ccc2c(ccc3c(-c4ccccc4C(=O)O)c4cc(Cl)c(O)cc4oc32)c1. The first-order chi connectivity index (χ1) is 17.4. The average molecular weight is 496 g/mol. The predicted molar refractivity (Wildman–Crippen MR) is 139 cm³/mol. The molecule has 8 heteroatoms. The van der Waals surface area contributed by atoms with Crippen molar-refractivity contribution in [1.29, 1.82) is 0 Å². The van der Waals surface area contributed by atoms with Gasteiger partial charge in [-0.1, -0.05) is 35.9 Å². The van der Waals surface area contributed by atoms with Crippen molar-refractivity contribution < 1.29 is 19.4 Å². The van der Waals surface area contributed by atoms with Gasteiger partial charge in [0.15, 0.2) is 0 Å². The molecule has 0 aliphatic heterocycles. The summed E-state index contributed by atoms with van der Waals surface area (Å²) < 4.78 is 8.14. The van der Waals surface area contributed by atoms with Crippen LogP contribution in [0.4, 0.5) is 5.95 Å². The third-order valence-electron chi connectivity index (χ3n) is 6.21. The molecule has 6 rings (SSSR count). The lowest BCUT2D eigenvalue weighted by molar-refractivity contribution is 0.0697. The number of aryl methyl sites for hydroxylation is 1. The number of hydrogen-bond acceptors (Lipinski definition) is 5. The Morgan fingerprint density at radius 1 is 1.03 bits per heavy atom. The zero-order valence-electron chi connectivity index (χ0n) is 18.9. The number of fused-ring (bicyclic) bond motifs is 4. The number of hydrogen-bond donors (Lipinski definition) is 2. The van der Waals surface area contributed by atoms with Gasteiger partial charge in [-0.3, -0.25) is 0 Å². The minimum absolute atomic E-state index is 0.124. The first-order valence-corrected chi connectivity index (χ1v) is 11.4. The normalized spacial score (nSPS) is 12.1. The zero-order chi connectivity index (χ0) is 25.0. The van der Waals surface area contributed by atoms with Crippen LogP contribution in [0.3, 0.4) is 0 Å². The summed E-state index contributed by atoms with van der Waals surface area (Å²) >= 11 is 6.26. The molecule has 0 amide bonds. The van der Waals surface area contributed by atoms with Crippen molar-refractivity contribution in [3.63, 3.8) is 0 Å². The highest BCUT2D eigenvalue weighted by Crippen LogP contribution is 2.42. The number of benzene rings is 4. The highest BCUT2D eigenvalue weighted by molar-refractivity contribution is 6.33. The second-order valence-corrected chi connectivity index (χ2v) is 8.83. The summed E-state index contributed by atoms with van der Waals surface area (Å²) in [6, 6.07) is 19.4. The number of aromatic hydroxyl groups is 1. The minimum atomic E-state index is -1.04. The van der Waals surface area contributed by atoms with Gasteiger partial charge in [-0.15, -0.1) is 0 Å². The lowest BCUT2D eigenvalue weighted by Gasteiger charge is -2.15. The number of aromatic nitrogens is 2. The van der Waals surface area contributed by atoms with Crippen LogP contribution in [0.15, 0.2) is 88.5 Å². The van der Waals surface area contributed by atoms with E-state index < -0.39 is 5.97 Å². The van der Waals surface area contributed by atoms with Gasteiger partial charge in [0.25, 0.3) is 0 Å². The van der Waals surface area contributed by atoms with Gasteiger partial charge in [0, 0.05) is 47.2 Å². The van der Waals surface area contributed by atoms with E-state index in [9.17, 15) is 15.0 Å². The Balaban J connectivity index is 1.72. The zero-order valence-corrected chi connectivity index (χ0v) is 19.7.